The minimum atomic E-state index is -0.141. The Hall–Kier alpha value is -1.95. The Morgan fingerprint density at radius 3 is 2.55 bits per heavy atom. The van der Waals surface area contributed by atoms with E-state index in [4.69, 9.17) is 0 Å². The summed E-state index contributed by atoms with van der Waals surface area (Å²) in [4.78, 5) is 16.7. The van der Waals surface area contributed by atoms with E-state index in [0.717, 1.165) is 14.5 Å². The Kier molecular flexibility index (Phi) is 3.64. The van der Waals surface area contributed by atoms with Gasteiger partial charge in [0.1, 0.15) is 5.82 Å². The number of benzene rings is 2. The Morgan fingerprint density at radius 2 is 1.70 bits per heavy atom. The molecule has 0 bridgehead atoms. The summed E-state index contributed by atoms with van der Waals surface area (Å²) < 4.78 is 0.920. The van der Waals surface area contributed by atoms with Crippen molar-refractivity contribution in [2.45, 2.75) is 0 Å². The zero-order valence-corrected chi connectivity index (χ0v) is 12.7. The fourth-order valence-electron chi connectivity index (χ4n) is 1.96. The van der Waals surface area contributed by atoms with Crippen molar-refractivity contribution in [3.05, 3.63) is 69.8 Å². The summed E-state index contributed by atoms with van der Waals surface area (Å²) in [5.74, 6) is 0.422. The summed E-state index contributed by atoms with van der Waals surface area (Å²) in [7, 11) is 0. The van der Waals surface area contributed by atoms with Crippen molar-refractivity contribution in [3.63, 3.8) is 0 Å². The van der Waals surface area contributed by atoms with Crippen LogP contribution in [0.1, 0.15) is 10.4 Å². The van der Waals surface area contributed by atoms with Crippen LogP contribution in [0.3, 0.4) is 0 Å². The molecule has 0 aliphatic rings. The normalized spacial score (nSPS) is 10.4. The van der Waals surface area contributed by atoms with Gasteiger partial charge in [-0.1, -0.05) is 30.3 Å². The number of para-hydroxylation sites is 1. The average Bonchev–Trinajstić information content (AvgIpc) is 2.47. The van der Waals surface area contributed by atoms with Gasteiger partial charge >= 0.3 is 0 Å². The molecular formula is C16H11IN2O. The smallest absolute Gasteiger partial charge is 0.257 e. The van der Waals surface area contributed by atoms with Crippen LogP contribution in [0.15, 0.2) is 60.7 Å². The topological polar surface area (TPSA) is 42.0 Å². The van der Waals surface area contributed by atoms with Crippen LogP contribution in [-0.4, -0.2) is 10.9 Å². The molecule has 0 aliphatic heterocycles. The third-order valence-corrected chi connectivity index (χ3v) is 3.90. The van der Waals surface area contributed by atoms with E-state index in [1.165, 1.54) is 0 Å². The lowest BCUT2D eigenvalue weighted by Crippen LogP contribution is -2.14. The molecule has 0 fully saturated rings. The number of nitrogens with one attached hydrogen (secondary N) is 1. The highest BCUT2D eigenvalue weighted by Crippen LogP contribution is 2.17. The maximum Gasteiger partial charge on any atom is 0.257 e. The van der Waals surface area contributed by atoms with Crippen molar-refractivity contribution in [2.75, 3.05) is 5.32 Å². The highest BCUT2D eigenvalue weighted by atomic mass is 127. The van der Waals surface area contributed by atoms with E-state index >= 15 is 0 Å². The molecule has 3 rings (SSSR count). The molecule has 98 valence electrons. The second-order valence-corrected chi connectivity index (χ2v) is 5.49. The van der Waals surface area contributed by atoms with Gasteiger partial charge in [0.15, 0.2) is 0 Å². The number of amides is 1. The SMILES string of the molecule is O=C(Nc1ccc2ccccc2n1)c1ccccc1I. The fourth-order valence-corrected chi connectivity index (χ4v) is 2.60. The van der Waals surface area contributed by atoms with Crippen LogP contribution in [0.25, 0.3) is 10.9 Å². The summed E-state index contributed by atoms with van der Waals surface area (Å²) in [6.45, 7) is 0. The van der Waals surface area contributed by atoms with Gasteiger partial charge in [0.05, 0.1) is 11.1 Å². The van der Waals surface area contributed by atoms with Gasteiger partial charge in [0.25, 0.3) is 5.91 Å². The largest absolute Gasteiger partial charge is 0.307 e. The van der Waals surface area contributed by atoms with Crippen LogP contribution in [0.5, 0.6) is 0 Å². The van der Waals surface area contributed by atoms with Crippen molar-refractivity contribution >= 4 is 45.2 Å². The van der Waals surface area contributed by atoms with E-state index in [-0.39, 0.29) is 5.91 Å². The summed E-state index contributed by atoms with van der Waals surface area (Å²) in [6.07, 6.45) is 0. The summed E-state index contributed by atoms with van der Waals surface area (Å²) in [6, 6.07) is 19.1. The predicted octanol–water partition coefficient (Wildman–Crippen LogP) is 4.09. The number of nitrogens with zero attached hydrogens (tertiary/aromatic N) is 1. The second-order valence-electron chi connectivity index (χ2n) is 4.32. The van der Waals surface area contributed by atoms with Crippen LogP contribution in [0.4, 0.5) is 5.82 Å². The maximum absolute atomic E-state index is 12.2. The van der Waals surface area contributed by atoms with Crippen molar-refractivity contribution in [1.29, 1.82) is 0 Å². The standard InChI is InChI=1S/C16H11IN2O/c17-13-7-3-2-6-12(13)16(20)19-15-10-9-11-5-1-4-8-14(11)18-15/h1-10H,(H,18,19,20). The number of pyridine rings is 1. The molecule has 3 aromatic rings. The highest BCUT2D eigenvalue weighted by Gasteiger charge is 2.10. The number of hydrogen-bond donors (Lipinski definition) is 1. The average molecular weight is 374 g/mol. The maximum atomic E-state index is 12.2. The molecule has 1 N–H and O–H groups in total. The molecule has 0 radical (unpaired) electrons. The molecule has 1 amide bonds. The zero-order chi connectivity index (χ0) is 13.9. The summed E-state index contributed by atoms with van der Waals surface area (Å²) >= 11 is 2.15. The minimum Gasteiger partial charge on any atom is -0.307 e. The molecule has 0 unspecified atom stereocenters. The molecule has 0 atom stereocenters. The number of aromatic nitrogens is 1. The third-order valence-electron chi connectivity index (χ3n) is 2.96. The molecule has 0 saturated carbocycles. The summed E-state index contributed by atoms with van der Waals surface area (Å²) in [5, 5.41) is 3.89. The van der Waals surface area contributed by atoms with Gasteiger partial charge in [-0.25, -0.2) is 4.98 Å². The molecule has 3 nitrogen and oxygen atoms in total. The Labute approximate surface area is 130 Å². The van der Waals surface area contributed by atoms with Gasteiger partial charge in [0, 0.05) is 8.96 Å². The number of anilines is 1. The number of rotatable bonds is 2. The lowest BCUT2D eigenvalue weighted by Gasteiger charge is -2.07. The number of hydrogen-bond acceptors (Lipinski definition) is 2. The van der Waals surface area contributed by atoms with Crippen LogP contribution in [-0.2, 0) is 0 Å². The first kappa shape index (κ1) is 13.1. The van der Waals surface area contributed by atoms with Crippen molar-refractivity contribution in [1.82, 2.24) is 4.98 Å². The first-order valence-corrected chi connectivity index (χ1v) is 7.23. The number of carbonyl (C=O) groups excluding carboxylic acids is 1. The zero-order valence-electron chi connectivity index (χ0n) is 10.5. The van der Waals surface area contributed by atoms with E-state index in [1.54, 1.807) is 6.07 Å². The predicted molar refractivity (Wildman–Crippen MR) is 88.9 cm³/mol. The van der Waals surface area contributed by atoms with Gasteiger partial charge in [-0.3, -0.25) is 4.79 Å². The second kappa shape index (κ2) is 5.58. The van der Waals surface area contributed by atoms with Gasteiger partial charge in [-0.2, -0.15) is 0 Å². The molecule has 0 aliphatic carbocycles. The first-order valence-electron chi connectivity index (χ1n) is 6.16. The molecule has 1 heterocycles. The number of halogens is 1. The number of fused-ring (bicyclic) bond motifs is 1. The van der Waals surface area contributed by atoms with Crippen LogP contribution in [0, 0.1) is 3.57 Å². The number of carbonyl (C=O) groups is 1. The van der Waals surface area contributed by atoms with Crippen molar-refractivity contribution in [3.8, 4) is 0 Å². The van der Waals surface area contributed by atoms with E-state index in [9.17, 15) is 4.79 Å². The van der Waals surface area contributed by atoms with E-state index in [0.29, 0.717) is 11.4 Å². The molecule has 20 heavy (non-hydrogen) atoms. The Morgan fingerprint density at radius 1 is 0.950 bits per heavy atom. The molecule has 0 saturated heterocycles. The summed E-state index contributed by atoms with van der Waals surface area (Å²) in [5.41, 5.74) is 1.52. The van der Waals surface area contributed by atoms with Crippen LogP contribution >= 0.6 is 22.6 Å². The molecule has 4 heteroatoms. The lowest BCUT2D eigenvalue weighted by molar-refractivity contribution is 0.102. The monoisotopic (exact) mass is 374 g/mol. The Balaban J connectivity index is 1.89. The Bertz CT molecular complexity index is 786. The van der Waals surface area contributed by atoms with Gasteiger partial charge in [-0.05, 0) is 52.9 Å². The molecular weight excluding hydrogens is 363 g/mol. The quantitative estimate of drug-likeness (QED) is 0.687. The molecule has 0 spiro atoms. The fraction of sp³-hybridized carbons (Fsp3) is 0. The van der Waals surface area contributed by atoms with E-state index in [2.05, 4.69) is 32.9 Å². The van der Waals surface area contributed by atoms with Crippen molar-refractivity contribution in [2.24, 2.45) is 0 Å². The minimum absolute atomic E-state index is 0.141. The third kappa shape index (κ3) is 2.65. The van der Waals surface area contributed by atoms with Gasteiger partial charge in [-0.15, -0.1) is 0 Å². The molecule has 1 aromatic heterocycles. The van der Waals surface area contributed by atoms with Gasteiger partial charge in [0.2, 0.25) is 0 Å². The first-order chi connectivity index (χ1) is 9.74. The van der Waals surface area contributed by atoms with E-state index in [1.807, 2.05) is 54.6 Å². The van der Waals surface area contributed by atoms with E-state index < -0.39 is 0 Å². The molecule has 2 aromatic carbocycles. The van der Waals surface area contributed by atoms with Crippen molar-refractivity contribution < 1.29 is 4.79 Å². The van der Waals surface area contributed by atoms with Gasteiger partial charge < -0.3 is 5.32 Å². The van der Waals surface area contributed by atoms with Crippen LogP contribution < -0.4 is 5.32 Å². The highest BCUT2D eigenvalue weighted by molar-refractivity contribution is 14.1. The lowest BCUT2D eigenvalue weighted by atomic mass is 10.2. The van der Waals surface area contributed by atoms with Crippen LogP contribution in [0.2, 0.25) is 0 Å².